The molecule has 2 aliphatic rings. The summed E-state index contributed by atoms with van der Waals surface area (Å²) in [5, 5.41) is 8.00. The Morgan fingerprint density at radius 2 is 1.83 bits per heavy atom. The van der Waals surface area contributed by atoms with Crippen LogP contribution in [0.4, 0.5) is 0 Å². The topological polar surface area (TPSA) is 52.5 Å². The molecule has 0 aromatic heterocycles. The van der Waals surface area contributed by atoms with Crippen molar-refractivity contribution in [2.45, 2.75) is 18.7 Å². The van der Waals surface area contributed by atoms with E-state index in [0.29, 0.717) is 40.3 Å². The monoisotopic (exact) mass is 510 g/mol. The van der Waals surface area contributed by atoms with Gasteiger partial charge in [0.15, 0.2) is 11.5 Å². The summed E-state index contributed by atoms with van der Waals surface area (Å²) in [5.74, 6) is 2.68. The van der Waals surface area contributed by atoms with Gasteiger partial charge in [-0.05, 0) is 54.6 Å². The van der Waals surface area contributed by atoms with E-state index in [2.05, 4.69) is 6.58 Å². The molecule has 0 saturated heterocycles. The quantitative estimate of drug-likeness (QED) is 0.326. The summed E-state index contributed by atoms with van der Waals surface area (Å²) < 4.78 is 23.0. The second-order valence-corrected chi connectivity index (χ2v) is 9.00. The molecule has 3 aromatic rings. The zero-order valence-corrected chi connectivity index (χ0v) is 20.8. The second kappa shape index (κ2) is 9.72. The first kappa shape index (κ1) is 23.4. The van der Waals surface area contributed by atoms with E-state index >= 15 is 0 Å². The molecule has 180 valence electrons. The number of nitrogens with zero attached hydrogens (tertiary/aromatic N) is 2. The molecular weight excluding hydrogens is 487 g/mol. The van der Waals surface area contributed by atoms with E-state index in [0.717, 1.165) is 28.2 Å². The highest BCUT2D eigenvalue weighted by Crippen LogP contribution is 2.51. The second-order valence-electron chi connectivity index (χ2n) is 8.16. The van der Waals surface area contributed by atoms with Crippen LogP contribution in [0.1, 0.15) is 35.4 Å². The van der Waals surface area contributed by atoms with Crippen molar-refractivity contribution in [3.8, 4) is 23.0 Å². The summed E-state index contributed by atoms with van der Waals surface area (Å²) in [6, 6.07) is 17.1. The number of hydrogen-bond donors (Lipinski definition) is 0. The molecule has 0 unspecified atom stereocenters. The third kappa shape index (κ3) is 4.40. The maximum absolute atomic E-state index is 6.57. The molecule has 6 nitrogen and oxygen atoms in total. The van der Waals surface area contributed by atoms with Gasteiger partial charge in [0.05, 0.1) is 31.0 Å². The zero-order valence-electron chi connectivity index (χ0n) is 19.3. The molecule has 2 heterocycles. The van der Waals surface area contributed by atoms with Crippen molar-refractivity contribution in [1.82, 2.24) is 5.01 Å². The number of hydrogen-bond acceptors (Lipinski definition) is 6. The molecule has 0 saturated carbocycles. The maximum Gasteiger partial charge on any atom is 0.213 e. The Labute approximate surface area is 214 Å². The highest BCUT2D eigenvalue weighted by Gasteiger charge is 2.42. The highest BCUT2D eigenvalue weighted by molar-refractivity contribution is 6.35. The maximum atomic E-state index is 6.57. The molecule has 0 bridgehead atoms. The summed E-state index contributed by atoms with van der Waals surface area (Å²) in [6.45, 7) is 4.13. The predicted molar refractivity (Wildman–Crippen MR) is 137 cm³/mol. The van der Waals surface area contributed by atoms with Gasteiger partial charge >= 0.3 is 0 Å². The summed E-state index contributed by atoms with van der Waals surface area (Å²) in [6.07, 6.45) is 1.89. The van der Waals surface area contributed by atoms with Gasteiger partial charge in [0.2, 0.25) is 6.23 Å². The fourth-order valence-electron chi connectivity index (χ4n) is 4.41. The number of hydrazone groups is 1. The van der Waals surface area contributed by atoms with Gasteiger partial charge in [-0.1, -0.05) is 35.9 Å². The third-order valence-electron chi connectivity index (χ3n) is 6.06. The minimum absolute atomic E-state index is 0.0975. The van der Waals surface area contributed by atoms with Gasteiger partial charge in [-0.3, -0.25) is 0 Å². The van der Waals surface area contributed by atoms with E-state index in [1.54, 1.807) is 26.4 Å². The molecule has 35 heavy (non-hydrogen) atoms. The Morgan fingerprint density at radius 3 is 2.54 bits per heavy atom. The Bertz CT molecular complexity index is 1290. The summed E-state index contributed by atoms with van der Waals surface area (Å²) >= 11 is 12.9. The van der Waals surface area contributed by atoms with Crippen LogP contribution in [0.3, 0.4) is 0 Å². The Morgan fingerprint density at radius 1 is 1.06 bits per heavy atom. The van der Waals surface area contributed by atoms with E-state index in [9.17, 15) is 0 Å². The normalized spacial score (nSPS) is 18.2. The van der Waals surface area contributed by atoms with Crippen LogP contribution in [-0.2, 0) is 0 Å². The summed E-state index contributed by atoms with van der Waals surface area (Å²) in [7, 11) is 3.23. The Balaban J connectivity index is 1.55. The Kier molecular flexibility index (Phi) is 6.50. The lowest BCUT2D eigenvalue weighted by Gasteiger charge is -2.38. The number of methoxy groups -OCH3 is 2. The van der Waals surface area contributed by atoms with Crippen LogP contribution in [0.15, 0.2) is 72.4 Å². The standard InChI is InChI=1S/C27H24Cl2N2O4/c1-4-11-34-19-8-5-16(6-9-19)27-31-23(20-13-18(28)14-21(29)26(20)35-27)15-22(30-31)17-7-10-24(32-2)25(12-17)33-3/h4-10,12-14,23,27H,1,11,15H2,2-3H3/t23-,27-/m1/s1. The van der Waals surface area contributed by atoms with Crippen LogP contribution < -0.4 is 18.9 Å². The first-order valence-corrected chi connectivity index (χ1v) is 11.9. The molecule has 8 heteroatoms. The Hall–Kier alpha value is -3.35. The van der Waals surface area contributed by atoms with Crippen molar-refractivity contribution in [2.75, 3.05) is 20.8 Å². The average Bonchev–Trinajstić information content (AvgIpc) is 3.33. The fourth-order valence-corrected chi connectivity index (χ4v) is 4.96. The van der Waals surface area contributed by atoms with Gasteiger partial charge in [0, 0.05) is 28.1 Å². The molecule has 3 aromatic carbocycles. The predicted octanol–water partition coefficient (Wildman–Crippen LogP) is 6.82. The van der Waals surface area contributed by atoms with Crippen molar-refractivity contribution in [1.29, 1.82) is 0 Å². The average molecular weight is 511 g/mol. The molecule has 2 atom stereocenters. The number of rotatable bonds is 7. The lowest BCUT2D eigenvalue weighted by molar-refractivity contribution is -0.0189. The van der Waals surface area contributed by atoms with Crippen molar-refractivity contribution in [3.05, 3.63) is 94.0 Å². The van der Waals surface area contributed by atoms with Gasteiger partial charge < -0.3 is 18.9 Å². The zero-order chi connectivity index (χ0) is 24.5. The van der Waals surface area contributed by atoms with Crippen LogP contribution in [0, 0.1) is 0 Å². The van der Waals surface area contributed by atoms with E-state index in [1.807, 2.05) is 53.5 Å². The van der Waals surface area contributed by atoms with Gasteiger partial charge in [-0.15, -0.1) is 0 Å². The molecule has 0 fully saturated rings. The molecule has 0 spiro atoms. The number of fused-ring (bicyclic) bond motifs is 3. The molecule has 0 N–H and O–H groups in total. The third-order valence-corrected chi connectivity index (χ3v) is 6.56. The van der Waals surface area contributed by atoms with Crippen LogP contribution in [-0.4, -0.2) is 31.5 Å². The van der Waals surface area contributed by atoms with Crippen molar-refractivity contribution >= 4 is 28.9 Å². The van der Waals surface area contributed by atoms with Gasteiger partial charge in [-0.25, -0.2) is 5.01 Å². The van der Waals surface area contributed by atoms with Gasteiger partial charge in [0.1, 0.15) is 18.1 Å². The van der Waals surface area contributed by atoms with E-state index in [1.165, 1.54) is 0 Å². The van der Waals surface area contributed by atoms with Crippen LogP contribution in [0.2, 0.25) is 10.0 Å². The van der Waals surface area contributed by atoms with E-state index < -0.39 is 6.23 Å². The SMILES string of the molecule is C=CCOc1ccc([C@H]2Oc3c(Cl)cc(Cl)cc3[C@H]3CC(c4ccc(OC)c(OC)c4)=NN32)cc1. The van der Waals surface area contributed by atoms with Gasteiger partial charge in [0.25, 0.3) is 0 Å². The van der Waals surface area contributed by atoms with Crippen molar-refractivity contribution in [2.24, 2.45) is 5.10 Å². The lowest BCUT2D eigenvalue weighted by atomic mass is 9.95. The van der Waals surface area contributed by atoms with Gasteiger partial charge in [-0.2, -0.15) is 5.10 Å². The molecule has 0 aliphatic carbocycles. The number of ether oxygens (including phenoxy) is 4. The molecular formula is C27H24Cl2N2O4. The smallest absolute Gasteiger partial charge is 0.213 e. The molecule has 0 amide bonds. The molecule has 5 rings (SSSR count). The van der Waals surface area contributed by atoms with Crippen LogP contribution in [0.5, 0.6) is 23.0 Å². The summed E-state index contributed by atoms with van der Waals surface area (Å²) in [5.41, 5.74) is 3.68. The molecule has 0 radical (unpaired) electrons. The first-order valence-electron chi connectivity index (χ1n) is 11.1. The fraction of sp³-hybridized carbons (Fsp3) is 0.222. The number of halogens is 2. The largest absolute Gasteiger partial charge is 0.493 e. The van der Waals surface area contributed by atoms with Crippen LogP contribution >= 0.6 is 23.2 Å². The van der Waals surface area contributed by atoms with Crippen LogP contribution in [0.25, 0.3) is 0 Å². The van der Waals surface area contributed by atoms with Crippen molar-refractivity contribution in [3.63, 3.8) is 0 Å². The first-order chi connectivity index (χ1) is 17.0. The minimum Gasteiger partial charge on any atom is -0.493 e. The molecule has 2 aliphatic heterocycles. The van der Waals surface area contributed by atoms with E-state index in [-0.39, 0.29) is 6.04 Å². The van der Waals surface area contributed by atoms with Crippen molar-refractivity contribution < 1.29 is 18.9 Å². The lowest BCUT2D eigenvalue weighted by Crippen LogP contribution is -2.33. The number of benzene rings is 3. The highest BCUT2D eigenvalue weighted by atomic mass is 35.5. The summed E-state index contributed by atoms with van der Waals surface area (Å²) in [4.78, 5) is 0. The minimum atomic E-state index is -0.475. The van der Waals surface area contributed by atoms with E-state index in [4.69, 9.17) is 47.3 Å².